The van der Waals surface area contributed by atoms with Crippen LogP contribution >= 0.6 is 11.3 Å². The van der Waals surface area contributed by atoms with Gasteiger partial charge in [-0.1, -0.05) is 60.2 Å². The third-order valence-corrected chi connectivity index (χ3v) is 5.05. The molecule has 0 amide bonds. The summed E-state index contributed by atoms with van der Waals surface area (Å²) in [7, 11) is 0. The number of hydrazone groups is 1. The number of aromatic nitrogens is 1. The molecule has 0 fully saturated rings. The van der Waals surface area contributed by atoms with Gasteiger partial charge in [-0.15, -0.1) is 11.3 Å². The molecule has 1 heterocycles. The molecule has 0 saturated carbocycles. The fourth-order valence-corrected chi connectivity index (χ4v) is 3.41. The molecule has 0 aliphatic carbocycles. The van der Waals surface area contributed by atoms with E-state index in [0.717, 1.165) is 22.4 Å². The second-order valence-corrected chi connectivity index (χ2v) is 7.46. The van der Waals surface area contributed by atoms with E-state index in [4.69, 9.17) is 4.74 Å². The molecule has 4 rings (SSSR count). The van der Waals surface area contributed by atoms with Gasteiger partial charge in [-0.05, 0) is 36.8 Å². The van der Waals surface area contributed by atoms with Crippen LogP contribution in [0.15, 0.2) is 89.3 Å². The zero-order valence-corrected chi connectivity index (χ0v) is 17.1. The van der Waals surface area contributed by atoms with Crippen molar-refractivity contribution in [3.63, 3.8) is 0 Å². The van der Waals surface area contributed by atoms with E-state index in [-0.39, 0.29) is 0 Å². The summed E-state index contributed by atoms with van der Waals surface area (Å²) in [5.41, 5.74) is 7.32. The lowest BCUT2D eigenvalue weighted by Gasteiger charge is -2.05. The first kappa shape index (κ1) is 19.5. The first-order valence-electron chi connectivity index (χ1n) is 9.36. The Kier molecular flexibility index (Phi) is 5.96. The lowest BCUT2D eigenvalue weighted by atomic mass is 10.1. The van der Waals surface area contributed by atoms with Gasteiger partial charge >= 0.3 is 5.97 Å². The van der Waals surface area contributed by atoms with Crippen LogP contribution < -0.4 is 10.2 Å². The van der Waals surface area contributed by atoms with E-state index in [1.807, 2.05) is 66.9 Å². The fourth-order valence-electron chi connectivity index (χ4n) is 2.74. The average Bonchev–Trinajstić information content (AvgIpc) is 3.24. The van der Waals surface area contributed by atoms with Gasteiger partial charge in [0.25, 0.3) is 0 Å². The number of hydrogen-bond acceptors (Lipinski definition) is 6. The molecular weight excluding hydrogens is 394 g/mol. The van der Waals surface area contributed by atoms with E-state index in [1.165, 1.54) is 11.3 Å². The van der Waals surface area contributed by atoms with Crippen molar-refractivity contribution in [2.75, 3.05) is 5.43 Å². The number of ether oxygens (including phenoxy) is 1. The van der Waals surface area contributed by atoms with E-state index in [0.29, 0.717) is 16.4 Å². The number of rotatable bonds is 6. The van der Waals surface area contributed by atoms with Gasteiger partial charge in [-0.2, -0.15) is 5.10 Å². The number of nitrogens with one attached hydrogen (secondary N) is 1. The van der Waals surface area contributed by atoms with Crippen molar-refractivity contribution in [3.8, 4) is 17.0 Å². The summed E-state index contributed by atoms with van der Waals surface area (Å²) in [6, 6.07) is 24.5. The highest BCUT2D eigenvalue weighted by Crippen LogP contribution is 2.24. The van der Waals surface area contributed by atoms with Crippen molar-refractivity contribution in [3.05, 3.63) is 101 Å². The van der Waals surface area contributed by atoms with Crippen LogP contribution in [0.25, 0.3) is 11.3 Å². The number of esters is 1. The Morgan fingerprint density at radius 2 is 1.83 bits per heavy atom. The second kappa shape index (κ2) is 9.15. The van der Waals surface area contributed by atoms with Gasteiger partial charge in [0.05, 0.1) is 17.5 Å². The normalized spacial score (nSPS) is 10.8. The molecule has 1 aromatic heterocycles. The predicted octanol–water partition coefficient (Wildman–Crippen LogP) is 5.78. The van der Waals surface area contributed by atoms with E-state index in [9.17, 15) is 4.79 Å². The summed E-state index contributed by atoms with van der Waals surface area (Å²) in [4.78, 5) is 16.8. The molecule has 0 bridgehead atoms. The summed E-state index contributed by atoms with van der Waals surface area (Å²) < 4.78 is 5.47. The van der Waals surface area contributed by atoms with Crippen LogP contribution in [0, 0.1) is 6.92 Å². The maximum atomic E-state index is 12.3. The largest absolute Gasteiger partial charge is 0.423 e. The van der Waals surface area contributed by atoms with Crippen molar-refractivity contribution >= 4 is 28.7 Å². The maximum Gasteiger partial charge on any atom is 0.343 e. The quantitative estimate of drug-likeness (QED) is 0.188. The summed E-state index contributed by atoms with van der Waals surface area (Å²) in [6.45, 7) is 1.97. The third-order valence-electron chi connectivity index (χ3n) is 4.30. The molecule has 0 saturated heterocycles. The lowest BCUT2D eigenvalue weighted by Crippen LogP contribution is -2.08. The Labute approximate surface area is 178 Å². The monoisotopic (exact) mass is 413 g/mol. The Hall–Kier alpha value is -3.77. The van der Waals surface area contributed by atoms with Crippen LogP contribution in [-0.2, 0) is 0 Å². The van der Waals surface area contributed by atoms with Crippen molar-refractivity contribution in [1.29, 1.82) is 0 Å². The number of carbonyl (C=O) groups excluding carboxylic acids is 1. The summed E-state index contributed by atoms with van der Waals surface area (Å²) >= 11 is 1.48. The zero-order valence-electron chi connectivity index (χ0n) is 16.3. The first-order chi connectivity index (χ1) is 14.7. The Bertz CT molecular complexity index is 1170. The Morgan fingerprint density at radius 1 is 1.03 bits per heavy atom. The van der Waals surface area contributed by atoms with Crippen LogP contribution in [0.2, 0.25) is 0 Å². The van der Waals surface area contributed by atoms with Crippen LogP contribution in [0.4, 0.5) is 5.13 Å². The van der Waals surface area contributed by atoms with Crippen LogP contribution in [0.3, 0.4) is 0 Å². The molecule has 0 radical (unpaired) electrons. The molecule has 0 aliphatic rings. The van der Waals surface area contributed by atoms with Crippen LogP contribution in [-0.4, -0.2) is 17.2 Å². The van der Waals surface area contributed by atoms with Gasteiger partial charge in [-0.25, -0.2) is 9.78 Å². The van der Waals surface area contributed by atoms with Gasteiger partial charge in [-0.3, -0.25) is 5.43 Å². The number of anilines is 1. The van der Waals surface area contributed by atoms with E-state index in [1.54, 1.807) is 30.5 Å². The fraction of sp³-hybridized carbons (Fsp3) is 0.0417. The van der Waals surface area contributed by atoms with Gasteiger partial charge < -0.3 is 4.74 Å². The lowest BCUT2D eigenvalue weighted by molar-refractivity contribution is 0.0735. The van der Waals surface area contributed by atoms with Crippen molar-refractivity contribution in [2.45, 2.75) is 6.92 Å². The second-order valence-electron chi connectivity index (χ2n) is 6.60. The minimum Gasteiger partial charge on any atom is -0.423 e. The minimum absolute atomic E-state index is 0.390. The van der Waals surface area contributed by atoms with Crippen LogP contribution in [0.1, 0.15) is 21.5 Å². The molecule has 0 aliphatic heterocycles. The van der Waals surface area contributed by atoms with Crippen molar-refractivity contribution in [1.82, 2.24) is 4.98 Å². The molecule has 0 atom stereocenters. The van der Waals surface area contributed by atoms with Gasteiger partial charge in [0, 0.05) is 10.9 Å². The van der Waals surface area contributed by atoms with Gasteiger partial charge in [0.2, 0.25) is 5.13 Å². The molecule has 30 heavy (non-hydrogen) atoms. The summed E-state index contributed by atoms with van der Waals surface area (Å²) in [5.74, 6) is 0.0728. The zero-order chi connectivity index (χ0) is 20.8. The molecule has 3 aromatic carbocycles. The van der Waals surface area contributed by atoms with Gasteiger partial charge in [0.15, 0.2) is 0 Å². The number of carbonyl (C=O) groups is 1. The molecule has 4 aromatic rings. The molecule has 0 unspecified atom stereocenters. The summed E-state index contributed by atoms with van der Waals surface area (Å²) in [5, 5.41) is 6.92. The van der Waals surface area contributed by atoms with E-state index < -0.39 is 5.97 Å². The molecule has 6 heteroatoms. The molecule has 5 nitrogen and oxygen atoms in total. The Balaban J connectivity index is 1.38. The number of nitrogens with zero attached hydrogens (tertiary/aromatic N) is 2. The molecule has 1 N–H and O–H groups in total. The smallest absolute Gasteiger partial charge is 0.343 e. The van der Waals surface area contributed by atoms with E-state index >= 15 is 0 Å². The Morgan fingerprint density at radius 3 is 2.63 bits per heavy atom. The number of aryl methyl sites for hydroxylation is 1. The predicted molar refractivity (Wildman–Crippen MR) is 121 cm³/mol. The SMILES string of the molecule is Cc1ccc(C(=O)Oc2cccc(C=NNc3nc(-c4ccccc4)cs3)c2)cc1. The van der Waals surface area contributed by atoms with Crippen LogP contribution in [0.5, 0.6) is 5.75 Å². The highest BCUT2D eigenvalue weighted by molar-refractivity contribution is 7.14. The molecule has 148 valence electrons. The average molecular weight is 414 g/mol. The standard InChI is InChI=1S/C24H19N3O2S/c1-17-10-12-20(13-11-17)23(28)29-21-9-5-6-18(14-21)15-25-27-24-26-22(16-30-24)19-7-3-2-4-8-19/h2-16H,1H3,(H,26,27). The number of hydrogen-bond donors (Lipinski definition) is 1. The highest BCUT2D eigenvalue weighted by atomic mass is 32.1. The van der Waals surface area contributed by atoms with Gasteiger partial charge in [0.1, 0.15) is 5.75 Å². The topological polar surface area (TPSA) is 63.6 Å². The molecular formula is C24H19N3O2S. The van der Waals surface area contributed by atoms with E-state index in [2.05, 4.69) is 15.5 Å². The van der Waals surface area contributed by atoms with Crippen molar-refractivity contribution < 1.29 is 9.53 Å². The highest BCUT2D eigenvalue weighted by Gasteiger charge is 2.08. The van der Waals surface area contributed by atoms with Crippen molar-refractivity contribution in [2.24, 2.45) is 5.10 Å². The minimum atomic E-state index is -0.390. The number of thiazole rings is 1. The molecule has 0 spiro atoms. The third kappa shape index (κ3) is 4.98. The number of benzene rings is 3. The maximum absolute atomic E-state index is 12.3. The summed E-state index contributed by atoms with van der Waals surface area (Å²) in [6.07, 6.45) is 1.66. The first-order valence-corrected chi connectivity index (χ1v) is 10.2.